The number of aromatic nitrogens is 7. The molecule has 0 amide bonds. The Kier molecular flexibility index (Phi) is 4.85. The van der Waals surface area contributed by atoms with Crippen molar-refractivity contribution in [1.82, 2.24) is 34.3 Å². The van der Waals surface area contributed by atoms with E-state index in [0.29, 0.717) is 4.73 Å². The van der Waals surface area contributed by atoms with Crippen molar-refractivity contribution in [2.45, 2.75) is 18.0 Å². The molecule has 30 heavy (non-hydrogen) atoms. The Morgan fingerprint density at radius 3 is 2.57 bits per heavy atom. The molecule has 0 aliphatic rings. The van der Waals surface area contributed by atoms with Crippen LogP contribution in [-0.4, -0.2) is 48.5 Å². The lowest BCUT2D eigenvalue weighted by atomic mass is 10.2. The highest BCUT2D eigenvalue weighted by molar-refractivity contribution is 9.10. The molecule has 0 saturated heterocycles. The van der Waals surface area contributed by atoms with Crippen LogP contribution in [0.1, 0.15) is 12.6 Å². The molecule has 0 unspecified atom stereocenters. The summed E-state index contributed by atoms with van der Waals surface area (Å²) in [5, 5.41) is 7.54. The minimum atomic E-state index is -4.64. The third kappa shape index (κ3) is 3.67. The Bertz CT molecular complexity index is 1360. The molecular weight excluding hydrogens is 491 g/mol. The fourth-order valence-electron chi connectivity index (χ4n) is 2.67. The van der Waals surface area contributed by atoms with Crippen molar-refractivity contribution in [3.05, 3.63) is 47.3 Å². The summed E-state index contributed by atoms with van der Waals surface area (Å²) in [4.78, 5) is 12.2. The van der Waals surface area contributed by atoms with Gasteiger partial charge in [-0.1, -0.05) is 6.92 Å². The summed E-state index contributed by atoms with van der Waals surface area (Å²) < 4.78 is 66.5. The van der Waals surface area contributed by atoms with E-state index in [9.17, 15) is 21.6 Å². The van der Waals surface area contributed by atoms with E-state index in [1.165, 1.54) is 42.5 Å². The molecular formula is C16H11BrF3N7O2S. The quantitative estimate of drug-likeness (QED) is 0.422. The van der Waals surface area contributed by atoms with Crippen molar-refractivity contribution < 1.29 is 21.6 Å². The van der Waals surface area contributed by atoms with Crippen molar-refractivity contribution in [2.75, 3.05) is 5.75 Å². The summed E-state index contributed by atoms with van der Waals surface area (Å²) in [5.41, 5.74) is -0.961. The van der Waals surface area contributed by atoms with Gasteiger partial charge in [-0.3, -0.25) is 0 Å². The summed E-state index contributed by atoms with van der Waals surface area (Å²) in [5.74, 6) is 0.0701. The highest BCUT2D eigenvalue weighted by atomic mass is 79.9. The zero-order chi connectivity index (χ0) is 21.7. The van der Waals surface area contributed by atoms with Crippen LogP contribution in [0.25, 0.3) is 22.7 Å². The molecule has 0 aliphatic heterocycles. The first-order chi connectivity index (χ1) is 14.1. The zero-order valence-electron chi connectivity index (χ0n) is 15.0. The van der Waals surface area contributed by atoms with E-state index in [1.54, 1.807) is 0 Å². The molecule has 4 rings (SSSR count). The van der Waals surface area contributed by atoms with Crippen LogP contribution in [0.2, 0.25) is 0 Å². The summed E-state index contributed by atoms with van der Waals surface area (Å²) in [6, 6.07) is 3.61. The molecule has 4 aromatic heterocycles. The van der Waals surface area contributed by atoms with Gasteiger partial charge in [0.25, 0.3) is 0 Å². The lowest BCUT2D eigenvalue weighted by Crippen LogP contribution is -2.10. The van der Waals surface area contributed by atoms with Crippen LogP contribution in [0.15, 0.2) is 46.5 Å². The molecule has 0 fully saturated rings. The molecule has 156 valence electrons. The Hall–Kier alpha value is -2.87. The molecule has 9 nitrogen and oxygen atoms in total. The summed E-state index contributed by atoms with van der Waals surface area (Å²) >= 11 is 3.12. The van der Waals surface area contributed by atoms with Crippen LogP contribution in [0.4, 0.5) is 13.2 Å². The third-order valence-corrected chi connectivity index (χ3v) is 6.26. The highest BCUT2D eigenvalue weighted by Gasteiger charge is 2.34. The summed E-state index contributed by atoms with van der Waals surface area (Å²) in [7, 11) is -3.70. The molecule has 0 bridgehead atoms. The fraction of sp³-hybridized carbons (Fsp3) is 0.188. The van der Waals surface area contributed by atoms with Crippen LogP contribution in [0.3, 0.4) is 0 Å². The number of halogens is 4. The molecule has 14 heteroatoms. The Labute approximate surface area is 175 Å². The number of sulfone groups is 1. The van der Waals surface area contributed by atoms with Gasteiger partial charge in [0.2, 0.25) is 4.73 Å². The molecule has 0 spiro atoms. The van der Waals surface area contributed by atoms with Gasteiger partial charge in [-0.05, 0) is 28.1 Å². The standard InChI is InChI=1S/C16H11BrF3N7O2S/c1-2-30(28,29)10-3-4-12(27-8-22-15(17)25-27)23-14(10)9-6-21-13-5-11(16(18,19)20)24-26(13)7-9/h3-8H,2H2,1H3. The second-order valence-electron chi connectivity index (χ2n) is 6.05. The van der Waals surface area contributed by atoms with Gasteiger partial charge in [0.05, 0.1) is 16.3 Å². The van der Waals surface area contributed by atoms with Crippen LogP contribution in [0.5, 0.6) is 0 Å². The number of pyridine rings is 1. The number of rotatable bonds is 4. The number of nitrogens with zero attached hydrogens (tertiary/aromatic N) is 7. The zero-order valence-corrected chi connectivity index (χ0v) is 17.4. The topological polar surface area (TPSA) is 108 Å². The monoisotopic (exact) mass is 501 g/mol. The lowest BCUT2D eigenvalue weighted by Gasteiger charge is -2.11. The molecule has 4 aromatic rings. The maximum absolute atomic E-state index is 12.9. The average molecular weight is 502 g/mol. The van der Waals surface area contributed by atoms with Crippen molar-refractivity contribution in [3.63, 3.8) is 0 Å². The van der Waals surface area contributed by atoms with Gasteiger partial charge < -0.3 is 0 Å². The smallest absolute Gasteiger partial charge is 0.236 e. The fourth-order valence-corrected chi connectivity index (χ4v) is 3.97. The first-order valence-electron chi connectivity index (χ1n) is 8.33. The van der Waals surface area contributed by atoms with Gasteiger partial charge in [0.15, 0.2) is 27.0 Å². The van der Waals surface area contributed by atoms with Gasteiger partial charge in [-0.2, -0.15) is 18.3 Å². The third-order valence-electron chi connectivity index (χ3n) is 4.13. The van der Waals surface area contributed by atoms with Crippen LogP contribution in [0, 0.1) is 0 Å². The van der Waals surface area contributed by atoms with E-state index >= 15 is 0 Å². The minimum absolute atomic E-state index is 0.0134. The normalized spacial score (nSPS) is 12.6. The lowest BCUT2D eigenvalue weighted by molar-refractivity contribution is -0.141. The Morgan fingerprint density at radius 1 is 1.17 bits per heavy atom. The summed E-state index contributed by atoms with van der Waals surface area (Å²) in [6.07, 6.45) is -0.775. The molecule has 0 N–H and O–H groups in total. The molecule has 4 heterocycles. The van der Waals surface area contributed by atoms with Gasteiger partial charge in [-0.15, -0.1) is 5.10 Å². The molecule has 0 aliphatic carbocycles. The second kappa shape index (κ2) is 7.12. The first kappa shape index (κ1) is 20.4. The van der Waals surface area contributed by atoms with Crippen molar-refractivity contribution in [1.29, 1.82) is 0 Å². The van der Waals surface area contributed by atoms with Crippen LogP contribution >= 0.6 is 15.9 Å². The van der Waals surface area contributed by atoms with Crippen molar-refractivity contribution in [2.24, 2.45) is 0 Å². The predicted octanol–water partition coefficient (Wildman–Crippen LogP) is 2.95. The Morgan fingerprint density at radius 2 is 1.93 bits per heavy atom. The van der Waals surface area contributed by atoms with E-state index in [4.69, 9.17) is 0 Å². The summed E-state index contributed by atoms with van der Waals surface area (Å²) in [6.45, 7) is 1.48. The van der Waals surface area contributed by atoms with E-state index in [2.05, 4.69) is 41.1 Å². The number of hydrogen-bond donors (Lipinski definition) is 0. The van der Waals surface area contributed by atoms with Gasteiger partial charge >= 0.3 is 6.18 Å². The average Bonchev–Trinajstić information content (AvgIpc) is 3.33. The highest BCUT2D eigenvalue weighted by Crippen LogP contribution is 2.30. The van der Waals surface area contributed by atoms with Crippen molar-refractivity contribution >= 4 is 31.4 Å². The second-order valence-corrected chi connectivity index (χ2v) is 9.01. The molecule has 0 saturated carbocycles. The van der Waals surface area contributed by atoms with Gasteiger partial charge in [-0.25, -0.2) is 32.6 Å². The molecule has 0 aromatic carbocycles. The number of fused-ring (bicyclic) bond motifs is 1. The number of hydrogen-bond acceptors (Lipinski definition) is 7. The van der Waals surface area contributed by atoms with E-state index < -0.39 is 21.7 Å². The number of alkyl halides is 3. The van der Waals surface area contributed by atoms with E-state index in [1.807, 2.05) is 0 Å². The van der Waals surface area contributed by atoms with E-state index in [0.717, 1.165) is 10.6 Å². The largest absolute Gasteiger partial charge is 0.435 e. The van der Waals surface area contributed by atoms with Gasteiger partial charge in [0, 0.05) is 24.0 Å². The van der Waals surface area contributed by atoms with Gasteiger partial charge in [0.1, 0.15) is 6.33 Å². The first-order valence-corrected chi connectivity index (χ1v) is 10.8. The molecule has 0 atom stereocenters. The van der Waals surface area contributed by atoms with Crippen LogP contribution < -0.4 is 0 Å². The van der Waals surface area contributed by atoms with Crippen LogP contribution in [-0.2, 0) is 16.0 Å². The minimum Gasteiger partial charge on any atom is -0.236 e. The Balaban J connectivity index is 1.93. The SMILES string of the molecule is CCS(=O)(=O)c1ccc(-n2cnc(Br)n2)nc1-c1cnc2cc(C(F)(F)F)nn2c1. The van der Waals surface area contributed by atoms with Crippen molar-refractivity contribution in [3.8, 4) is 17.1 Å². The predicted molar refractivity (Wildman–Crippen MR) is 102 cm³/mol. The maximum Gasteiger partial charge on any atom is 0.435 e. The van der Waals surface area contributed by atoms with E-state index in [-0.39, 0.29) is 33.4 Å². The maximum atomic E-state index is 12.9. The molecule has 0 radical (unpaired) electrons.